The normalized spacial score (nSPS) is 20.2. The van der Waals surface area contributed by atoms with Crippen LogP contribution >= 0.6 is 0 Å². The van der Waals surface area contributed by atoms with E-state index in [0.717, 1.165) is 73.1 Å². The Balaban J connectivity index is 0.957. The van der Waals surface area contributed by atoms with E-state index in [-0.39, 0.29) is 42.7 Å². The van der Waals surface area contributed by atoms with Gasteiger partial charge in [0, 0.05) is 17.9 Å². The number of unbranched alkanes of at least 4 members (excludes halogenated alkanes) is 18. The van der Waals surface area contributed by atoms with E-state index in [2.05, 4.69) is 86.8 Å². The molecule has 1 N–H and O–H groups in total. The first-order valence-electron chi connectivity index (χ1n) is 30.9. The molecule has 0 bridgehead atoms. The summed E-state index contributed by atoms with van der Waals surface area (Å²) in [6, 6.07) is 48.8. The minimum atomic E-state index is -0.530. The van der Waals surface area contributed by atoms with Crippen LogP contribution in [0.4, 0.5) is 0 Å². The number of hydrogen-bond acceptors (Lipinski definition) is 8. The van der Waals surface area contributed by atoms with Crippen LogP contribution in [0.2, 0.25) is 0 Å². The second-order valence-electron chi connectivity index (χ2n) is 22.6. The number of aryl methyl sites for hydroxylation is 1. The topological polar surface area (TPSA) is 93.7 Å². The van der Waals surface area contributed by atoms with Crippen molar-refractivity contribution in [2.24, 2.45) is 11.8 Å². The highest BCUT2D eigenvalue weighted by Crippen LogP contribution is 2.40. The first-order chi connectivity index (χ1) is 38.9. The van der Waals surface area contributed by atoms with Gasteiger partial charge in [0.1, 0.15) is 23.7 Å². The van der Waals surface area contributed by atoms with Crippen LogP contribution in [0.25, 0.3) is 0 Å². The summed E-state index contributed by atoms with van der Waals surface area (Å²) >= 11 is 0. The van der Waals surface area contributed by atoms with Crippen molar-refractivity contribution < 1.29 is 38.0 Å². The van der Waals surface area contributed by atoms with Gasteiger partial charge in [-0.05, 0) is 72.6 Å². The van der Waals surface area contributed by atoms with Gasteiger partial charge in [-0.2, -0.15) is 0 Å². The number of nitrogens with one attached hydrogen (secondary N) is 1. The lowest BCUT2D eigenvalue weighted by molar-refractivity contribution is -0.343. The minimum absolute atomic E-state index is 0.0142. The molecule has 430 valence electrons. The second kappa shape index (κ2) is 36.5. The molecule has 3 unspecified atom stereocenters. The smallest absolute Gasteiger partial charge is 0.220 e. The molecule has 0 aromatic heterocycles. The highest BCUT2D eigenvalue weighted by Gasteiger charge is 2.47. The van der Waals surface area contributed by atoms with Gasteiger partial charge in [-0.3, -0.25) is 4.79 Å². The quantitative estimate of drug-likeness (QED) is 0.0389. The number of amides is 1. The van der Waals surface area contributed by atoms with Crippen molar-refractivity contribution in [3.63, 3.8) is 0 Å². The minimum Gasteiger partial charge on any atom is -0.457 e. The van der Waals surface area contributed by atoms with Gasteiger partial charge in [0.25, 0.3) is 0 Å². The molecule has 9 atom stereocenters. The first kappa shape index (κ1) is 61.7. The van der Waals surface area contributed by atoms with Crippen LogP contribution in [-0.2, 0) is 52.9 Å². The average Bonchev–Trinajstić information content (AvgIpc) is 3.50. The lowest BCUT2D eigenvalue weighted by Crippen LogP contribution is -2.57. The fourth-order valence-corrected chi connectivity index (χ4v) is 11.2. The SMILES string of the molecule is CCCCCCCCCCCCCC[C@@H](OCc1ccccc1)[C@@H](OCc1ccccc1)[C@H](CO[C@H]1OC2COC(c3ccccc3)O[C@@H]2[C@H](C)C1C)NC(=O)CCCCCCCCCCc1ccc(Oc2ccccc2)cc1. The molecule has 2 heterocycles. The van der Waals surface area contributed by atoms with Crippen LogP contribution in [0.5, 0.6) is 11.5 Å². The van der Waals surface area contributed by atoms with E-state index in [9.17, 15) is 4.79 Å². The molecule has 1 amide bonds. The third-order valence-corrected chi connectivity index (χ3v) is 16.2. The predicted octanol–water partition coefficient (Wildman–Crippen LogP) is 17.4. The molecule has 5 aromatic carbocycles. The van der Waals surface area contributed by atoms with Crippen LogP contribution in [0.15, 0.2) is 146 Å². The van der Waals surface area contributed by atoms with Crippen LogP contribution in [0, 0.1) is 11.8 Å². The zero-order valence-corrected chi connectivity index (χ0v) is 48.4. The Morgan fingerprint density at radius 2 is 1.06 bits per heavy atom. The molecule has 0 saturated carbocycles. The molecule has 2 saturated heterocycles. The van der Waals surface area contributed by atoms with Gasteiger partial charge in [0.15, 0.2) is 12.6 Å². The van der Waals surface area contributed by atoms with Gasteiger partial charge in [0.2, 0.25) is 5.91 Å². The molecule has 2 aliphatic rings. The zero-order valence-electron chi connectivity index (χ0n) is 48.4. The van der Waals surface area contributed by atoms with Crippen molar-refractivity contribution in [2.45, 2.75) is 225 Å². The maximum Gasteiger partial charge on any atom is 0.220 e. The lowest BCUT2D eigenvalue weighted by atomic mass is 9.84. The van der Waals surface area contributed by atoms with E-state index in [1.54, 1.807) is 0 Å². The van der Waals surface area contributed by atoms with Gasteiger partial charge in [-0.15, -0.1) is 0 Å². The molecule has 7 rings (SSSR count). The van der Waals surface area contributed by atoms with Crippen molar-refractivity contribution in [3.8, 4) is 11.5 Å². The molecule has 2 aliphatic heterocycles. The molecule has 5 aromatic rings. The largest absolute Gasteiger partial charge is 0.457 e. The van der Waals surface area contributed by atoms with Crippen molar-refractivity contribution in [2.75, 3.05) is 13.2 Å². The number of para-hydroxylation sites is 1. The summed E-state index contributed by atoms with van der Waals surface area (Å²) in [5.41, 5.74) is 4.53. The Kier molecular flexibility index (Phi) is 28.5. The number of carbonyl (C=O) groups excluding carboxylic acids is 1. The monoisotopic (exact) mass is 1080 g/mol. The molecule has 0 radical (unpaired) electrons. The molecule has 9 heteroatoms. The van der Waals surface area contributed by atoms with Crippen LogP contribution in [0.3, 0.4) is 0 Å². The van der Waals surface area contributed by atoms with Gasteiger partial charge in [-0.1, -0.05) is 258 Å². The molecule has 2 fully saturated rings. The van der Waals surface area contributed by atoms with Crippen molar-refractivity contribution in [3.05, 3.63) is 168 Å². The maximum absolute atomic E-state index is 14.3. The number of benzene rings is 5. The summed E-state index contributed by atoms with van der Waals surface area (Å²) in [4.78, 5) is 14.3. The molecular weight excluding hydrogens is 983 g/mol. The summed E-state index contributed by atoms with van der Waals surface area (Å²) < 4.78 is 46.6. The van der Waals surface area contributed by atoms with E-state index in [4.69, 9.17) is 33.2 Å². The van der Waals surface area contributed by atoms with Crippen molar-refractivity contribution in [1.29, 1.82) is 0 Å². The van der Waals surface area contributed by atoms with E-state index >= 15 is 0 Å². The van der Waals surface area contributed by atoms with E-state index in [1.165, 1.54) is 102 Å². The van der Waals surface area contributed by atoms with Crippen LogP contribution in [0.1, 0.15) is 191 Å². The molecule has 0 spiro atoms. The Morgan fingerprint density at radius 3 is 1.67 bits per heavy atom. The van der Waals surface area contributed by atoms with Crippen LogP contribution in [-0.4, -0.2) is 55.9 Å². The summed E-state index contributed by atoms with van der Waals surface area (Å²) in [6.45, 7) is 8.13. The standard InChI is InChI=1S/C70H97NO8/c1-4-5-6-7-8-9-10-11-12-16-19-34-45-64(73-51-58-37-26-21-27-38-58)68(74-52-59-39-28-22-29-40-59)63(53-75-69-56(3)55(2)67-65(78-69)54-76-70(79-67)60-41-30-23-31-42-60)71-66(72)46-35-20-17-14-13-15-18-25-36-57-47-49-62(50-48-57)77-61-43-32-24-33-44-61/h21-24,26-33,37-44,47-50,55-56,63-65,67-70H,4-20,25,34-36,45-46,51-54H2,1-3H3,(H,71,72)/t55-,56?,63+,64-,65?,67-,68+,69+,70?/m1/s1. The Bertz CT molecular complexity index is 2320. The van der Waals surface area contributed by atoms with Gasteiger partial charge >= 0.3 is 0 Å². The fraction of sp³-hybridized carbons (Fsp3) is 0.557. The van der Waals surface area contributed by atoms with Gasteiger partial charge in [-0.25, -0.2) is 0 Å². The Labute approximate surface area is 476 Å². The Hall–Kier alpha value is -4.87. The number of carbonyl (C=O) groups is 1. The predicted molar refractivity (Wildman–Crippen MR) is 319 cm³/mol. The van der Waals surface area contributed by atoms with E-state index in [0.29, 0.717) is 26.2 Å². The summed E-state index contributed by atoms with van der Waals surface area (Å²) in [5, 5.41) is 3.50. The molecule has 9 nitrogen and oxygen atoms in total. The van der Waals surface area contributed by atoms with Gasteiger partial charge in [0.05, 0.1) is 44.7 Å². The molecular formula is C70H97NO8. The summed E-state index contributed by atoms with van der Waals surface area (Å²) in [5.74, 6) is 1.89. The summed E-state index contributed by atoms with van der Waals surface area (Å²) in [6.07, 6.45) is 24.5. The van der Waals surface area contributed by atoms with Crippen molar-refractivity contribution in [1.82, 2.24) is 5.32 Å². The number of hydrogen-bond donors (Lipinski definition) is 1. The van der Waals surface area contributed by atoms with Gasteiger partial charge < -0.3 is 38.5 Å². The fourth-order valence-electron chi connectivity index (χ4n) is 11.2. The number of fused-ring (bicyclic) bond motifs is 1. The number of ether oxygens (including phenoxy) is 7. The lowest BCUT2D eigenvalue weighted by Gasteiger charge is -2.48. The zero-order chi connectivity index (χ0) is 55.0. The van der Waals surface area contributed by atoms with E-state index < -0.39 is 24.7 Å². The highest BCUT2D eigenvalue weighted by molar-refractivity contribution is 5.76. The maximum atomic E-state index is 14.3. The third-order valence-electron chi connectivity index (χ3n) is 16.2. The average molecular weight is 1080 g/mol. The third kappa shape index (κ3) is 22.5. The number of rotatable bonds is 39. The molecule has 0 aliphatic carbocycles. The summed E-state index contributed by atoms with van der Waals surface area (Å²) in [7, 11) is 0. The highest BCUT2D eigenvalue weighted by atomic mass is 16.7. The van der Waals surface area contributed by atoms with Crippen molar-refractivity contribution >= 4 is 5.91 Å². The van der Waals surface area contributed by atoms with Crippen LogP contribution < -0.4 is 10.1 Å². The molecule has 79 heavy (non-hydrogen) atoms. The second-order valence-corrected chi connectivity index (χ2v) is 22.6. The Morgan fingerprint density at radius 1 is 0.544 bits per heavy atom. The first-order valence-corrected chi connectivity index (χ1v) is 30.9. The van der Waals surface area contributed by atoms with E-state index in [1.807, 2.05) is 84.9 Å².